The Morgan fingerprint density at radius 1 is 1.33 bits per heavy atom. The molecule has 0 bridgehead atoms. The van der Waals surface area contributed by atoms with Crippen molar-refractivity contribution in [1.82, 2.24) is 9.97 Å². The van der Waals surface area contributed by atoms with Gasteiger partial charge in [0.05, 0.1) is 16.5 Å². The highest BCUT2D eigenvalue weighted by Crippen LogP contribution is 2.41. The second kappa shape index (κ2) is 3.79. The zero-order chi connectivity index (χ0) is 12.9. The molecular formula is C13H16N3OP. The first kappa shape index (κ1) is 11.7. The molecule has 0 radical (unpaired) electrons. The van der Waals surface area contributed by atoms with Gasteiger partial charge >= 0.3 is 0 Å². The van der Waals surface area contributed by atoms with Crippen LogP contribution in [0.4, 0.5) is 5.69 Å². The van der Waals surface area contributed by atoms with Gasteiger partial charge in [-0.3, -0.25) is 4.98 Å². The highest BCUT2D eigenvalue weighted by Gasteiger charge is 2.26. The van der Waals surface area contributed by atoms with E-state index in [-0.39, 0.29) is 0 Å². The summed E-state index contributed by atoms with van der Waals surface area (Å²) in [5.74, 6) is 0.568. The number of nitrogen functional groups attached to an aromatic ring is 1. The van der Waals surface area contributed by atoms with Gasteiger partial charge in [-0.1, -0.05) is 0 Å². The smallest absolute Gasteiger partial charge is 0.114 e. The first-order valence-electron chi connectivity index (χ1n) is 6.07. The molecule has 0 spiro atoms. The first-order valence-corrected chi connectivity index (χ1v) is 8.67. The van der Waals surface area contributed by atoms with Gasteiger partial charge in [0.25, 0.3) is 0 Å². The Kier molecular flexibility index (Phi) is 2.46. The van der Waals surface area contributed by atoms with E-state index in [4.69, 9.17) is 5.73 Å². The van der Waals surface area contributed by atoms with Gasteiger partial charge in [-0.05, 0) is 38.3 Å². The van der Waals surface area contributed by atoms with Gasteiger partial charge in [0.1, 0.15) is 12.7 Å². The third-order valence-electron chi connectivity index (χ3n) is 3.27. The normalized spacial score (nSPS) is 16.1. The van der Waals surface area contributed by atoms with Gasteiger partial charge in [-0.2, -0.15) is 0 Å². The minimum absolute atomic E-state index is 0.546. The van der Waals surface area contributed by atoms with Gasteiger partial charge in [0.15, 0.2) is 0 Å². The van der Waals surface area contributed by atoms with Crippen LogP contribution >= 0.6 is 7.14 Å². The van der Waals surface area contributed by atoms with Gasteiger partial charge in [0, 0.05) is 17.8 Å². The highest BCUT2D eigenvalue weighted by molar-refractivity contribution is 7.71. The van der Waals surface area contributed by atoms with Crippen molar-refractivity contribution in [3.63, 3.8) is 0 Å². The van der Waals surface area contributed by atoms with E-state index in [1.807, 2.05) is 6.07 Å². The van der Waals surface area contributed by atoms with Crippen molar-refractivity contribution in [3.05, 3.63) is 24.0 Å². The largest absolute Gasteiger partial charge is 0.398 e. The van der Waals surface area contributed by atoms with E-state index >= 15 is 0 Å². The summed E-state index contributed by atoms with van der Waals surface area (Å²) >= 11 is 0. The molecular weight excluding hydrogens is 245 g/mol. The van der Waals surface area contributed by atoms with Crippen molar-refractivity contribution >= 4 is 29.2 Å². The molecule has 0 atom stereocenters. The topological polar surface area (TPSA) is 68.9 Å². The molecule has 3 rings (SSSR count). The lowest BCUT2D eigenvalue weighted by molar-refractivity contribution is 0.588. The molecule has 1 saturated carbocycles. The molecule has 1 heterocycles. The van der Waals surface area contributed by atoms with Crippen LogP contribution in [-0.2, 0) is 4.57 Å². The predicted octanol–water partition coefficient (Wildman–Crippen LogP) is 2.34. The Labute approximate surface area is 106 Å². The molecule has 94 valence electrons. The van der Waals surface area contributed by atoms with E-state index in [9.17, 15) is 4.57 Å². The van der Waals surface area contributed by atoms with Crippen molar-refractivity contribution in [3.8, 4) is 0 Å². The Morgan fingerprint density at radius 2 is 2.06 bits per heavy atom. The standard InChI is InChI=1S/C13H16N3OP/c1-18(2,17)13-9(14)5-6-10-12(13)15-7-11(16-10)8-3-4-8/h5-8H,3-4,14H2,1-2H3. The fraction of sp³-hybridized carbons (Fsp3) is 0.385. The lowest BCUT2D eigenvalue weighted by atomic mass is 10.2. The Bertz CT molecular complexity index is 673. The van der Waals surface area contributed by atoms with Gasteiger partial charge < -0.3 is 10.3 Å². The lowest BCUT2D eigenvalue weighted by Crippen LogP contribution is -2.13. The fourth-order valence-electron chi connectivity index (χ4n) is 2.24. The number of hydrogen-bond acceptors (Lipinski definition) is 4. The molecule has 1 aliphatic rings. The number of anilines is 1. The van der Waals surface area contributed by atoms with Crippen LogP contribution < -0.4 is 11.0 Å². The number of benzene rings is 1. The summed E-state index contributed by atoms with van der Waals surface area (Å²) in [6.07, 6.45) is 4.20. The van der Waals surface area contributed by atoms with Crippen molar-refractivity contribution in [2.75, 3.05) is 19.1 Å². The van der Waals surface area contributed by atoms with Crippen LogP contribution in [-0.4, -0.2) is 23.3 Å². The summed E-state index contributed by atoms with van der Waals surface area (Å²) in [4.78, 5) is 9.07. The summed E-state index contributed by atoms with van der Waals surface area (Å²) in [6, 6.07) is 3.64. The number of rotatable bonds is 2. The van der Waals surface area contributed by atoms with Crippen LogP contribution in [0.5, 0.6) is 0 Å². The quantitative estimate of drug-likeness (QED) is 0.665. The number of nitrogens with two attached hydrogens (primary N) is 1. The molecule has 0 amide bonds. The molecule has 1 fully saturated rings. The van der Waals surface area contributed by atoms with Crippen LogP contribution in [0, 0.1) is 0 Å². The molecule has 0 aliphatic heterocycles. The van der Waals surface area contributed by atoms with Crippen molar-refractivity contribution in [1.29, 1.82) is 0 Å². The molecule has 1 aromatic heterocycles. The van der Waals surface area contributed by atoms with Gasteiger partial charge in [-0.15, -0.1) is 0 Å². The zero-order valence-corrected chi connectivity index (χ0v) is 11.4. The zero-order valence-electron chi connectivity index (χ0n) is 10.6. The minimum Gasteiger partial charge on any atom is -0.398 e. The van der Waals surface area contributed by atoms with E-state index in [1.165, 1.54) is 12.8 Å². The number of fused-ring (bicyclic) bond motifs is 1. The van der Waals surface area contributed by atoms with E-state index in [2.05, 4.69) is 9.97 Å². The summed E-state index contributed by atoms with van der Waals surface area (Å²) < 4.78 is 12.3. The number of hydrogen-bond donors (Lipinski definition) is 1. The SMILES string of the molecule is CP(C)(=O)c1c(N)ccc2nc(C3CC3)cnc12. The first-order chi connectivity index (χ1) is 8.47. The monoisotopic (exact) mass is 261 g/mol. The van der Waals surface area contributed by atoms with Crippen LogP contribution in [0.3, 0.4) is 0 Å². The average Bonchev–Trinajstić information content (AvgIpc) is 3.10. The van der Waals surface area contributed by atoms with E-state index in [1.54, 1.807) is 25.6 Å². The molecule has 18 heavy (non-hydrogen) atoms. The second-order valence-electron chi connectivity index (χ2n) is 5.29. The molecule has 1 aromatic carbocycles. The number of nitrogens with zero attached hydrogens (tertiary/aromatic N) is 2. The Balaban J connectivity index is 2.28. The third-order valence-corrected chi connectivity index (χ3v) is 4.82. The Morgan fingerprint density at radius 3 is 2.67 bits per heavy atom. The van der Waals surface area contributed by atoms with Crippen molar-refractivity contribution < 1.29 is 4.57 Å². The summed E-state index contributed by atoms with van der Waals surface area (Å²) in [7, 11) is -2.45. The summed E-state index contributed by atoms with van der Waals surface area (Å²) in [5.41, 5.74) is 9.02. The van der Waals surface area contributed by atoms with E-state index < -0.39 is 7.14 Å². The minimum atomic E-state index is -2.45. The maximum atomic E-state index is 12.3. The molecule has 0 unspecified atom stereocenters. The van der Waals surface area contributed by atoms with Gasteiger partial charge in [0.2, 0.25) is 0 Å². The second-order valence-corrected chi connectivity index (χ2v) is 8.44. The van der Waals surface area contributed by atoms with Crippen molar-refractivity contribution in [2.24, 2.45) is 0 Å². The third kappa shape index (κ3) is 1.91. The molecule has 4 nitrogen and oxygen atoms in total. The van der Waals surface area contributed by atoms with Gasteiger partial charge in [-0.25, -0.2) is 4.98 Å². The molecule has 1 aliphatic carbocycles. The number of aromatic nitrogens is 2. The van der Waals surface area contributed by atoms with E-state index in [0.717, 1.165) is 11.2 Å². The van der Waals surface area contributed by atoms with Crippen LogP contribution in [0.2, 0.25) is 0 Å². The lowest BCUT2D eigenvalue weighted by Gasteiger charge is -2.13. The van der Waals surface area contributed by atoms with Crippen LogP contribution in [0.25, 0.3) is 11.0 Å². The van der Waals surface area contributed by atoms with Crippen LogP contribution in [0.15, 0.2) is 18.3 Å². The maximum absolute atomic E-state index is 12.3. The summed E-state index contributed by atoms with van der Waals surface area (Å²) in [5, 5.41) is 0.662. The average molecular weight is 261 g/mol. The molecule has 2 N–H and O–H groups in total. The predicted molar refractivity (Wildman–Crippen MR) is 75.0 cm³/mol. The van der Waals surface area contributed by atoms with Crippen molar-refractivity contribution in [2.45, 2.75) is 18.8 Å². The van der Waals surface area contributed by atoms with Crippen LogP contribution in [0.1, 0.15) is 24.5 Å². The fourth-order valence-corrected chi connectivity index (χ4v) is 3.62. The highest BCUT2D eigenvalue weighted by atomic mass is 31.2. The molecule has 5 heteroatoms. The van der Waals surface area contributed by atoms with E-state index in [0.29, 0.717) is 22.4 Å². The summed E-state index contributed by atoms with van der Waals surface area (Å²) in [6.45, 7) is 3.43. The molecule has 0 saturated heterocycles. The molecule has 2 aromatic rings. The Hall–Kier alpha value is -1.41. The maximum Gasteiger partial charge on any atom is 0.114 e.